The lowest BCUT2D eigenvalue weighted by Crippen LogP contribution is -2.45. The van der Waals surface area contributed by atoms with Crippen molar-refractivity contribution >= 4 is 0 Å². The van der Waals surface area contributed by atoms with Crippen LogP contribution < -0.4 is 0 Å². The standard InChI is InChI=1S/C22H33NO3/c1-4-19(17-9-7-6-8-10-17)21-20(26-5-2)15-18(16-24-3)22(21)23-11-13-25-14-12-23/h4,9,15,22H,5-8,10-14,16H2,1-3H3/b19-4+. The predicted octanol–water partition coefficient (Wildman–Crippen LogP) is 4.01. The van der Waals surface area contributed by atoms with Crippen molar-refractivity contribution in [3.8, 4) is 0 Å². The highest BCUT2D eigenvalue weighted by molar-refractivity contribution is 5.59. The fourth-order valence-electron chi connectivity index (χ4n) is 4.34. The fourth-order valence-corrected chi connectivity index (χ4v) is 4.34. The Labute approximate surface area is 158 Å². The largest absolute Gasteiger partial charge is 0.493 e. The van der Waals surface area contributed by atoms with E-state index in [-0.39, 0.29) is 6.04 Å². The van der Waals surface area contributed by atoms with E-state index in [9.17, 15) is 0 Å². The van der Waals surface area contributed by atoms with Crippen LogP contribution in [0.4, 0.5) is 0 Å². The zero-order chi connectivity index (χ0) is 18.4. The highest BCUT2D eigenvalue weighted by Crippen LogP contribution is 2.40. The molecule has 0 bridgehead atoms. The molecule has 26 heavy (non-hydrogen) atoms. The van der Waals surface area contributed by atoms with Gasteiger partial charge in [-0.05, 0) is 62.3 Å². The molecule has 1 atom stereocenters. The molecule has 1 fully saturated rings. The molecule has 0 radical (unpaired) electrons. The monoisotopic (exact) mass is 359 g/mol. The topological polar surface area (TPSA) is 30.9 Å². The summed E-state index contributed by atoms with van der Waals surface area (Å²) in [5.41, 5.74) is 5.48. The molecule has 0 N–H and O–H groups in total. The molecule has 3 aliphatic rings. The van der Waals surface area contributed by atoms with Gasteiger partial charge in [-0.25, -0.2) is 0 Å². The fraction of sp³-hybridized carbons (Fsp3) is 0.636. The third-order valence-corrected chi connectivity index (χ3v) is 5.44. The van der Waals surface area contributed by atoms with Crippen molar-refractivity contribution < 1.29 is 14.2 Å². The quantitative estimate of drug-likeness (QED) is 0.687. The molecule has 4 heteroatoms. The summed E-state index contributed by atoms with van der Waals surface area (Å²) in [6.45, 7) is 9.02. The van der Waals surface area contributed by atoms with Crippen LogP contribution in [0.3, 0.4) is 0 Å². The van der Waals surface area contributed by atoms with Gasteiger partial charge in [-0.15, -0.1) is 0 Å². The second-order valence-electron chi connectivity index (χ2n) is 7.09. The van der Waals surface area contributed by atoms with Crippen LogP contribution in [-0.2, 0) is 14.2 Å². The second-order valence-corrected chi connectivity index (χ2v) is 7.09. The third-order valence-electron chi connectivity index (χ3n) is 5.44. The lowest BCUT2D eigenvalue weighted by Gasteiger charge is -2.36. The Morgan fingerprint density at radius 1 is 1.31 bits per heavy atom. The van der Waals surface area contributed by atoms with E-state index in [4.69, 9.17) is 14.2 Å². The van der Waals surface area contributed by atoms with Crippen LogP contribution in [0.1, 0.15) is 39.5 Å². The van der Waals surface area contributed by atoms with E-state index in [1.165, 1.54) is 41.6 Å². The van der Waals surface area contributed by atoms with Crippen molar-refractivity contribution in [1.82, 2.24) is 4.90 Å². The molecular weight excluding hydrogens is 326 g/mol. The van der Waals surface area contributed by atoms with Crippen LogP contribution in [0.2, 0.25) is 0 Å². The van der Waals surface area contributed by atoms with Gasteiger partial charge >= 0.3 is 0 Å². The van der Waals surface area contributed by atoms with Crippen molar-refractivity contribution in [1.29, 1.82) is 0 Å². The number of ether oxygens (including phenoxy) is 3. The normalized spacial score (nSPS) is 25.3. The maximum atomic E-state index is 6.11. The van der Waals surface area contributed by atoms with E-state index >= 15 is 0 Å². The molecule has 1 unspecified atom stereocenters. The molecule has 0 saturated carbocycles. The van der Waals surface area contributed by atoms with Gasteiger partial charge in [0.15, 0.2) is 0 Å². The van der Waals surface area contributed by atoms with Crippen molar-refractivity contribution in [2.45, 2.75) is 45.6 Å². The molecule has 1 aliphatic heterocycles. The molecular formula is C22H33NO3. The van der Waals surface area contributed by atoms with Gasteiger partial charge in [0.25, 0.3) is 0 Å². The number of rotatable bonds is 7. The lowest BCUT2D eigenvalue weighted by atomic mass is 9.85. The van der Waals surface area contributed by atoms with Crippen molar-refractivity contribution in [3.63, 3.8) is 0 Å². The van der Waals surface area contributed by atoms with Gasteiger partial charge in [-0.2, -0.15) is 0 Å². The Bertz CT molecular complexity index is 609. The zero-order valence-electron chi connectivity index (χ0n) is 16.6. The summed E-state index contributed by atoms with van der Waals surface area (Å²) >= 11 is 0. The summed E-state index contributed by atoms with van der Waals surface area (Å²) in [5, 5.41) is 0. The maximum Gasteiger partial charge on any atom is 0.125 e. The molecule has 0 aromatic rings. The van der Waals surface area contributed by atoms with Crippen molar-refractivity contribution in [3.05, 3.63) is 46.3 Å². The minimum absolute atomic E-state index is 0.231. The van der Waals surface area contributed by atoms with Crippen LogP contribution >= 0.6 is 0 Å². The molecule has 144 valence electrons. The smallest absolute Gasteiger partial charge is 0.125 e. The molecule has 2 aliphatic carbocycles. The summed E-state index contributed by atoms with van der Waals surface area (Å²) in [5.74, 6) is 1.02. The third kappa shape index (κ3) is 4.13. The maximum absolute atomic E-state index is 6.11. The van der Waals surface area contributed by atoms with Gasteiger partial charge in [0, 0.05) is 25.8 Å². The number of morpholine rings is 1. The average molecular weight is 360 g/mol. The number of allylic oxidation sites excluding steroid dienone is 4. The van der Waals surface area contributed by atoms with Crippen LogP contribution in [0.15, 0.2) is 46.3 Å². The van der Waals surface area contributed by atoms with E-state index in [0.29, 0.717) is 13.2 Å². The molecule has 3 rings (SSSR count). The summed E-state index contributed by atoms with van der Waals surface area (Å²) in [7, 11) is 1.77. The first-order valence-electron chi connectivity index (χ1n) is 10.0. The molecule has 0 aromatic heterocycles. The molecule has 4 nitrogen and oxygen atoms in total. The molecule has 1 heterocycles. The van der Waals surface area contributed by atoms with Gasteiger partial charge < -0.3 is 14.2 Å². The molecule has 1 saturated heterocycles. The van der Waals surface area contributed by atoms with E-state index in [1.54, 1.807) is 7.11 Å². The van der Waals surface area contributed by atoms with Gasteiger partial charge in [0.1, 0.15) is 5.76 Å². The summed E-state index contributed by atoms with van der Waals surface area (Å²) in [6, 6.07) is 0.231. The van der Waals surface area contributed by atoms with Gasteiger partial charge in [-0.1, -0.05) is 12.2 Å². The Hall–Kier alpha value is -1.36. The number of hydrogen-bond acceptors (Lipinski definition) is 4. The van der Waals surface area contributed by atoms with Crippen LogP contribution in [-0.4, -0.2) is 57.6 Å². The highest BCUT2D eigenvalue weighted by atomic mass is 16.5. The average Bonchev–Trinajstić information content (AvgIpc) is 3.02. The first-order chi connectivity index (χ1) is 12.8. The van der Waals surface area contributed by atoms with Crippen LogP contribution in [0, 0.1) is 0 Å². The minimum Gasteiger partial charge on any atom is -0.493 e. The molecule has 0 amide bonds. The Morgan fingerprint density at radius 3 is 2.73 bits per heavy atom. The van der Waals surface area contributed by atoms with Crippen molar-refractivity contribution in [2.24, 2.45) is 0 Å². The second kappa shape index (κ2) is 9.54. The Morgan fingerprint density at radius 2 is 2.12 bits per heavy atom. The summed E-state index contributed by atoms with van der Waals surface area (Å²) < 4.78 is 17.2. The van der Waals surface area contributed by atoms with Gasteiger partial charge in [0.2, 0.25) is 0 Å². The Balaban J connectivity index is 2.00. The van der Waals surface area contributed by atoms with E-state index < -0.39 is 0 Å². The Kier molecular flexibility index (Phi) is 7.12. The van der Waals surface area contributed by atoms with Crippen LogP contribution in [0.25, 0.3) is 0 Å². The number of nitrogens with zero attached hydrogens (tertiary/aromatic N) is 1. The highest BCUT2D eigenvalue weighted by Gasteiger charge is 2.36. The van der Waals surface area contributed by atoms with E-state index in [1.807, 2.05) is 0 Å². The predicted molar refractivity (Wildman–Crippen MR) is 105 cm³/mol. The molecule has 0 spiro atoms. The van der Waals surface area contributed by atoms with Gasteiger partial charge in [0.05, 0.1) is 32.5 Å². The molecule has 0 aromatic carbocycles. The van der Waals surface area contributed by atoms with E-state index in [0.717, 1.165) is 38.5 Å². The SMILES string of the molecule is C/C=C(\C1=CCCCC1)C1=C(OCC)C=C(COC)C1N1CCOCC1. The van der Waals surface area contributed by atoms with Crippen molar-refractivity contribution in [2.75, 3.05) is 46.6 Å². The first-order valence-corrected chi connectivity index (χ1v) is 10.0. The van der Waals surface area contributed by atoms with Crippen LogP contribution in [0.5, 0.6) is 0 Å². The first kappa shape index (κ1) is 19.4. The minimum atomic E-state index is 0.231. The summed E-state index contributed by atoms with van der Waals surface area (Å²) in [6.07, 6.45) is 11.9. The lowest BCUT2D eigenvalue weighted by molar-refractivity contribution is 0.0279. The zero-order valence-corrected chi connectivity index (χ0v) is 16.6. The number of hydrogen-bond donors (Lipinski definition) is 0. The van der Waals surface area contributed by atoms with E-state index in [2.05, 4.69) is 37.0 Å². The summed E-state index contributed by atoms with van der Waals surface area (Å²) in [4.78, 5) is 2.53. The van der Waals surface area contributed by atoms with Gasteiger partial charge in [-0.3, -0.25) is 4.90 Å². The number of methoxy groups -OCH3 is 1.